The number of hydrazone groups is 1. The maximum Gasteiger partial charge on any atom is 0.250 e. The van der Waals surface area contributed by atoms with Gasteiger partial charge in [0, 0.05) is 16.3 Å². The monoisotopic (exact) mass is 493 g/mol. The maximum atomic E-state index is 12.3. The summed E-state index contributed by atoms with van der Waals surface area (Å²) in [5.41, 5.74) is 4.80. The highest BCUT2D eigenvalue weighted by atomic mass is 35.5. The lowest BCUT2D eigenvalue weighted by molar-refractivity contribution is -0.118. The zero-order valence-electron chi connectivity index (χ0n) is 18.1. The van der Waals surface area contributed by atoms with E-state index in [-0.39, 0.29) is 17.4 Å². The van der Waals surface area contributed by atoms with Crippen molar-refractivity contribution in [1.29, 1.82) is 0 Å². The first kappa shape index (κ1) is 23.3. The van der Waals surface area contributed by atoms with Crippen molar-refractivity contribution in [2.45, 2.75) is 5.16 Å². The first-order valence-electron chi connectivity index (χ1n) is 10.1. The van der Waals surface area contributed by atoms with E-state index in [9.17, 15) is 9.90 Å². The summed E-state index contributed by atoms with van der Waals surface area (Å²) in [6.45, 7) is 0. The van der Waals surface area contributed by atoms with Crippen LogP contribution in [0.4, 0.5) is 0 Å². The lowest BCUT2D eigenvalue weighted by atomic mass is 10.2. The third-order valence-corrected chi connectivity index (χ3v) is 5.85. The first-order chi connectivity index (χ1) is 16.5. The smallest absolute Gasteiger partial charge is 0.250 e. The fourth-order valence-electron chi connectivity index (χ4n) is 3.06. The zero-order chi connectivity index (χ0) is 23.9. The number of ether oxygens (including phenoxy) is 1. The Labute approximate surface area is 205 Å². The van der Waals surface area contributed by atoms with Gasteiger partial charge in [-0.25, -0.2) is 5.43 Å². The number of hydrogen-bond donors (Lipinski definition) is 2. The topological polar surface area (TPSA) is 102 Å². The molecule has 0 aliphatic rings. The number of thioether (sulfide) groups is 1. The number of benzene rings is 3. The molecule has 0 aliphatic heterocycles. The van der Waals surface area contributed by atoms with Gasteiger partial charge in [0.15, 0.2) is 11.0 Å². The lowest BCUT2D eigenvalue weighted by Crippen LogP contribution is -2.20. The molecule has 172 valence electrons. The highest BCUT2D eigenvalue weighted by Crippen LogP contribution is 2.29. The summed E-state index contributed by atoms with van der Waals surface area (Å²) in [6.07, 6.45) is 1.46. The molecule has 10 heteroatoms. The third kappa shape index (κ3) is 5.75. The minimum Gasteiger partial charge on any atom is -0.508 e. The van der Waals surface area contributed by atoms with Gasteiger partial charge in [0.1, 0.15) is 11.5 Å². The van der Waals surface area contributed by atoms with Crippen molar-refractivity contribution in [3.05, 3.63) is 83.4 Å². The summed E-state index contributed by atoms with van der Waals surface area (Å²) < 4.78 is 7.11. The number of hydrogen-bond acceptors (Lipinski definition) is 7. The van der Waals surface area contributed by atoms with E-state index in [1.165, 1.54) is 18.0 Å². The predicted molar refractivity (Wildman–Crippen MR) is 133 cm³/mol. The van der Waals surface area contributed by atoms with Gasteiger partial charge in [-0.3, -0.25) is 9.36 Å². The van der Waals surface area contributed by atoms with Crippen molar-refractivity contribution in [2.75, 3.05) is 12.9 Å². The second-order valence-electron chi connectivity index (χ2n) is 7.02. The molecule has 0 saturated carbocycles. The van der Waals surface area contributed by atoms with Gasteiger partial charge in [0.2, 0.25) is 0 Å². The molecular formula is C24H20ClN5O3S. The molecule has 0 radical (unpaired) electrons. The second kappa shape index (κ2) is 10.9. The largest absolute Gasteiger partial charge is 0.508 e. The number of nitrogens with zero attached hydrogens (tertiary/aromatic N) is 4. The molecule has 8 nitrogen and oxygen atoms in total. The van der Waals surface area contributed by atoms with E-state index in [0.29, 0.717) is 21.6 Å². The highest BCUT2D eigenvalue weighted by Gasteiger charge is 2.17. The molecule has 4 aromatic rings. The summed E-state index contributed by atoms with van der Waals surface area (Å²) in [5.74, 6) is 1.25. The molecule has 0 fully saturated rings. The summed E-state index contributed by atoms with van der Waals surface area (Å²) in [7, 11) is 1.61. The Morgan fingerprint density at radius 2 is 1.91 bits per heavy atom. The van der Waals surface area contributed by atoms with Crippen LogP contribution in [-0.4, -0.2) is 44.9 Å². The molecular weight excluding hydrogens is 474 g/mol. The van der Waals surface area contributed by atoms with Gasteiger partial charge in [-0.05, 0) is 66.2 Å². The molecule has 1 heterocycles. The van der Waals surface area contributed by atoms with Crippen LogP contribution >= 0.6 is 23.4 Å². The van der Waals surface area contributed by atoms with Gasteiger partial charge in [0.25, 0.3) is 5.91 Å². The van der Waals surface area contributed by atoms with Crippen LogP contribution in [0.1, 0.15) is 5.56 Å². The van der Waals surface area contributed by atoms with Gasteiger partial charge in [0.05, 0.1) is 19.1 Å². The number of aromatic hydroxyl groups is 1. The van der Waals surface area contributed by atoms with Gasteiger partial charge < -0.3 is 9.84 Å². The molecule has 0 aliphatic carbocycles. The van der Waals surface area contributed by atoms with Crippen LogP contribution in [0.25, 0.3) is 17.1 Å². The van der Waals surface area contributed by atoms with Crippen LogP contribution in [0.2, 0.25) is 5.02 Å². The fraction of sp³-hybridized carbons (Fsp3) is 0.0833. The van der Waals surface area contributed by atoms with Gasteiger partial charge in [-0.15, -0.1) is 10.2 Å². The van der Waals surface area contributed by atoms with E-state index in [1.54, 1.807) is 43.5 Å². The number of phenolic OH excluding ortho intramolecular Hbond substituents is 1. The van der Waals surface area contributed by atoms with E-state index in [2.05, 4.69) is 20.7 Å². The molecule has 0 saturated heterocycles. The van der Waals surface area contributed by atoms with E-state index in [4.69, 9.17) is 16.3 Å². The number of rotatable bonds is 8. The van der Waals surface area contributed by atoms with Crippen LogP contribution in [0, 0.1) is 0 Å². The summed E-state index contributed by atoms with van der Waals surface area (Å²) in [5, 5.41) is 23.3. The van der Waals surface area contributed by atoms with Gasteiger partial charge in [-0.2, -0.15) is 5.10 Å². The number of carbonyl (C=O) groups excluding carboxylic acids is 1. The van der Waals surface area contributed by atoms with Crippen LogP contribution in [0.15, 0.2) is 83.1 Å². The Hall–Kier alpha value is -3.82. The molecule has 2 N–H and O–H groups in total. The van der Waals surface area contributed by atoms with E-state index >= 15 is 0 Å². The van der Waals surface area contributed by atoms with E-state index in [1.807, 2.05) is 41.0 Å². The zero-order valence-corrected chi connectivity index (χ0v) is 19.6. The number of halogens is 1. The fourth-order valence-corrected chi connectivity index (χ4v) is 3.93. The quantitative estimate of drug-likeness (QED) is 0.212. The average Bonchev–Trinajstić information content (AvgIpc) is 3.27. The van der Waals surface area contributed by atoms with Crippen molar-refractivity contribution in [1.82, 2.24) is 20.2 Å². The van der Waals surface area contributed by atoms with Crippen molar-refractivity contribution in [3.63, 3.8) is 0 Å². The number of methoxy groups -OCH3 is 1. The molecule has 34 heavy (non-hydrogen) atoms. The molecule has 1 amide bonds. The molecule has 0 spiro atoms. The van der Waals surface area contributed by atoms with E-state index < -0.39 is 0 Å². The van der Waals surface area contributed by atoms with E-state index in [0.717, 1.165) is 17.0 Å². The molecule has 0 atom stereocenters. The highest BCUT2D eigenvalue weighted by molar-refractivity contribution is 7.99. The number of nitrogens with one attached hydrogen (secondary N) is 1. The molecule has 3 aromatic carbocycles. The Morgan fingerprint density at radius 3 is 2.62 bits per heavy atom. The Morgan fingerprint density at radius 1 is 1.15 bits per heavy atom. The minimum atomic E-state index is -0.307. The molecule has 1 aromatic heterocycles. The van der Waals surface area contributed by atoms with Gasteiger partial charge >= 0.3 is 0 Å². The summed E-state index contributed by atoms with van der Waals surface area (Å²) in [4.78, 5) is 12.3. The second-order valence-corrected chi connectivity index (χ2v) is 8.40. The Bertz CT molecular complexity index is 1310. The first-order valence-corrected chi connectivity index (χ1v) is 11.5. The van der Waals surface area contributed by atoms with Crippen LogP contribution < -0.4 is 10.2 Å². The van der Waals surface area contributed by atoms with Crippen LogP contribution in [0.3, 0.4) is 0 Å². The van der Waals surface area contributed by atoms with Crippen molar-refractivity contribution in [2.24, 2.45) is 5.10 Å². The van der Waals surface area contributed by atoms with Crippen molar-refractivity contribution < 1.29 is 14.6 Å². The van der Waals surface area contributed by atoms with Crippen molar-refractivity contribution >= 4 is 35.5 Å². The Kier molecular flexibility index (Phi) is 7.46. The molecule has 4 rings (SSSR count). The predicted octanol–water partition coefficient (Wildman–Crippen LogP) is 4.54. The lowest BCUT2D eigenvalue weighted by Gasteiger charge is -2.11. The SMILES string of the molecule is COc1ccc(-c2nnc(SCC(=O)NN=Cc3cccc(O)c3)n2-c2ccc(Cl)cc2)cc1. The summed E-state index contributed by atoms with van der Waals surface area (Å²) >= 11 is 7.30. The average molecular weight is 494 g/mol. The number of phenols is 1. The molecule has 0 bridgehead atoms. The minimum absolute atomic E-state index is 0.0751. The number of amides is 1. The standard InChI is InChI=1S/C24H20ClN5O3S/c1-33-21-11-5-17(6-12-21)23-28-29-24(30(23)19-9-7-18(25)8-10-19)34-15-22(32)27-26-14-16-3-2-4-20(31)13-16/h2-14,31H,15H2,1H3,(H,27,32). The normalized spacial score (nSPS) is 11.0. The Balaban J connectivity index is 1.52. The van der Waals surface area contributed by atoms with Crippen LogP contribution in [0.5, 0.6) is 11.5 Å². The third-order valence-electron chi connectivity index (χ3n) is 4.67. The van der Waals surface area contributed by atoms with Crippen LogP contribution in [-0.2, 0) is 4.79 Å². The number of aromatic nitrogens is 3. The maximum absolute atomic E-state index is 12.3. The summed E-state index contributed by atoms with van der Waals surface area (Å²) in [6, 6.07) is 21.3. The molecule has 0 unspecified atom stereocenters. The van der Waals surface area contributed by atoms with Crippen molar-refractivity contribution in [3.8, 4) is 28.6 Å². The number of carbonyl (C=O) groups is 1. The van der Waals surface area contributed by atoms with Gasteiger partial charge in [-0.1, -0.05) is 35.5 Å².